The van der Waals surface area contributed by atoms with E-state index in [1.54, 1.807) is 0 Å². The largest absolute Gasteiger partial charge is 0.330 e. The molecule has 0 aliphatic heterocycles. The van der Waals surface area contributed by atoms with E-state index in [4.69, 9.17) is 11.5 Å². The van der Waals surface area contributed by atoms with Crippen LogP contribution in [0.1, 0.15) is 25.7 Å². The molecule has 4 N–H and O–H groups in total. The Bertz CT molecular complexity index is 36.0. The number of unbranched alkanes of at least 4 members (excludes halogenated alkanes) is 3. The van der Waals surface area contributed by atoms with Crippen LogP contribution < -0.4 is 11.5 Å². The van der Waals surface area contributed by atoms with Crippen molar-refractivity contribution in [3.63, 3.8) is 0 Å². The number of rotatable bonds is 5. The third-order valence-electron chi connectivity index (χ3n) is 1.16. The molecule has 0 saturated carbocycles. The summed E-state index contributed by atoms with van der Waals surface area (Å²) in [4.78, 5) is 0. The Morgan fingerprint density at radius 3 is 1.22 bits per heavy atom. The standard InChI is InChI=1S/C6H16N2.Li/c7-5-3-1-2-4-6-8;/h1-8H2;. The molecule has 2 nitrogen and oxygen atoms in total. The second-order valence-electron chi connectivity index (χ2n) is 1.99. The van der Waals surface area contributed by atoms with E-state index in [0.29, 0.717) is 0 Å². The maximum Gasteiger partial charge on any atom is 0 e. The summed E-state index contributed by atoms with van der Waals surface area (Å²) in [6.45, 7) is 1.65. The zero-order valence-corrected chi connectivity index (χ0v) is 6.40. The van der Waals surface area contributed by atoms with Crippen LogP contribution in [0, 0.1) is 0 Å². The summed E-state index contributed by atoms with van der Waals surface area (Å²) in [5.41, 5.74) is 10.6. The topological polar surface area (TPSA) is 52.0 Å². The van der Waals surface area contributed by atoms with Crippen molar-refractivity contribution < 1.29 is 0 Å². The van der Waals surface area contributed by atoms with Gasteiger partial charge in [-0.25, -0.2) is 0 Å². The molecule has 0 atom stereocenters. The van der Waals surface area contributed by atoms with E-state index < -0.39 is 0 Å². The van der Waals surface area contributed by atoms with Crippen LogP contribution in [0.2, 0.25) is 0 Å². The van der Waals surface area contributed by atoms with Gasteiger partial charge in [0, 0.05) is 18.9 Å². The first-order valence-corrected chi connectivity index (χ1v) is 3.32. The van der Waals surface area contributed by atoms with Crippen molar-refractivity contribution in [2.45, 2.75) is 25.7 Å². The molecular weight excluding hydrogens is 107 g/mol. The van der Waals surface area contributed by atoms with Gasteiger partial charge in [-0.15, -0.1) is 0 Å². The predicted octanol–water partition coefficient (Wildman–Crippen LogP) is 0.0834. The molecule has 0 aliphatic carbocycles. The van der Waals surface area contributed by atoms with E-state index in [1.165, 1.54) is 12.8 Å². The van der Waals surface area contributed by atoms with Crippen molar-refractivity contribution >= 4 is 18.9 Å². The molecule has 1 radical (unpaired) electrons. The van der Waals surface area contributed by atoms with Gasteiger partial charge in [0.2, 0.25) is 0 Å². The smallest absolute Gasteiger partial charge is 0 e. The van der Waals surface area contributed by atoms with Crippen molar-refractivity contribution in [1.29, 1.82) is 0 Å². The van der Waals surface area contributed by atoms with Crippen LogP contribution in [-0.4, -0.2) is 32.0 Å². The molecule has 0 fully saturated rings. The third-order valence-corrected chi connectivity index (χ3v) is 1.16. The quantitative estimate of drug-likeness (QED) is 0.402. The summed E-state index contributed by atoms with van der Waals surface area (Å²) in [6, 6.07) is 0. The van der Waals surface area contributed by atoms with E-state index in [2.05, 4.69) is 0 Å². The first-order chi connectivity index (χ1) is 3.91. The minimum Gasteiger partial charge on any atom is -0.330 e. The fraction of sp³-hybridized carbons (Fsp3) is 1.00. The Labute approximate surface area is 69.5 Å². The maximum absolute atomic E-state index is 5.28. The molecule has 0 aromatic rings. The second kappa shape index (κ2) is 11.3. The van der Waals surface area contributed by atoms with Crippen molar-refractivity contribution in [2.24, 2.45) is 11.5 Å². The van der Waals surface area contributed by atoms with Crippen LogP contribution in [0.5, 0.6) is 0 Å². The average molecular weight is 123 g/mol. The summed E-state index contributed by atoms with van der Waals surface area (Å²) in [6.07, 6.45) is 4.79. The van der Waals surface area contributed by atoms with Crippen LogP contribution in [0.3, 0.4) is 0 Å². The van der Waals surface area contributed by atoms with Crippen LogP contribution >= 0.6 is 0 Å². The van der Waals surface area contributed by atoms with Crippen LogP contribution in [0.25, 0.3) is 0 Å². The van der Waals surface area contributed by atoms with Gasteiger partial charge in [-0.3, -0.25) is 0 Å². The van der Waals surface area contributed by atoms with Gasteiger partial charge < -0.3 is 11.5 Å². The molecular formula is C6H16LiN2. The zero-order chi connectivity index (χ0) is 6.24. The summed E-state index contributed by atoms with van der Waals surface area (Å²) in [5, 5.41) is 0. The van der Waals surface area contributed by atoms with Gasteiger partial charge in [0.1, 0.15) is 0 Å². The molecule has 0 aliphatic rings. The molecule has 51 valence electrons. The fourth-order valence-corrected chi connectivity index (χ4v) is 0.642. The second-order valence-corrected chi connectivity index (χ2v) is 1.99. The van der Waals surface area contributed by atoms with Gasteiger partial charge >= 0.3 is 0 Å². The van der Waals surface area contributed by atoms with Gasteiger partial charge in [0.15, 0.2) is 0 Å². The van der Waals surface area contributed by atoms with Gasteiger partial charge in [0.05, 0.1) is 0 Å². The van der Waals surface area contributed by atoms with Crippen molar-refractivity contribution in [3.8, 4) is 0 Å². The average Bonchev–Trinajstić information content (AvgIpc) is 1.81. The van der Waals surface area contributed by atoms with Gasteiger partial charge in [-0.2, -0.15) is 0 Å². The molecule has 0 rings (SSSR count). The zero-order valence-electron chi connectivity index (χ0n) is 6.40. The fourth-order valence-electron chi connectivity index (χ4n) is 0.642. The Balaban J connectivity index is 0. The van der Waals surface area contributed by atoms with E-state index in [0.717, 1.165) is 25.9 Å². The van der Waals surface area contributed by atoms with Gasteiger partial charge in [-0.05, 0) is 25.9 Å². The summed E-state index contributed by atoms with van der Waals surface area (Å²) < 4.78 is 0. The Morgan fingerprint density at radius 1 is 0.667 bits per heavy atom. The Hall–Kier alpha value is 0.517. The summed E-state index contributed by atoms with van der Waals surface area (Å²) >= 11 is 0. The van der Waals surface area contributed by atoms with E-state index >= 15 is 0 Å². The van der Waals surface area contributed by atoms with Crippen LogP contribution in [0.4, 0.5) is 0 Å². The first-order valence-electron chi connectivity index (χ1n) is 3.32. The Morgan fingerprint density at radius 2 is 1.00 bits per heavy atom. The van der Waals surface area contributed by atoms with E-state index in [9.17, 15) is 0 Å². The molecule has 0 aromatic carbocycles. The van der Waals surface area contributed by atoms with Crippen LogP contribution in [-0.2, 0) is 0 Å². The number of hydrogen-bond donors (Lipinski definition) is 2. The molecule has 0 bridgehead atoms. The SMILES string of the molecule is NCCCCCCN.[Li]. The van der Waals surface area contributed by atoms with E-state index in [-0.39, 0.29) is 18.9 Å². The van der Waals surface area contributed by atoms with Gasteiger partial charge in [0.25, 0.3) is 0 Å². The molecule has 3 heteroatoms. The van der Waals surface area contributed by atoms with Crippen molar-refractivity contribution in [1.82, 2.24) is 0 Å². The predicted molar refractivity (Wildman–Crippen MR) is 42.3 cm³/mol. The Kier molecular flexibility index (Phi) is 15.4. The molecule has 0 spiro atoms. The minimum atomic E-state index is 0. The number of hydrogen-bond acceptors (Lipinski definition) is 2. The first kappa shape index (κ1) is 12.2. The molecule has 9 heavy (non-hydrogen) atoms. The molecule has 0 saturated heterocycles. The molecule has 0 amide bonds. The monoisotopic (exact) mass is 123 g/mol. The minimum absolute atomic E-state index is 0. The molecule has 0 unspecified atom stereocenters. The van der Waals surface area contributed by atoms with Crippen LogP contribution in [0.15, 0.2) is 0 Å². The van der Waals surface area contributed by atoms with E-state index in [1.807, 2.05) is 0 Å². The molecule has 0 heterocycles. The summed E-state index contributed by atoms with van der Waals surface area (Å²) in [5.74, 6) is 0. The molecule has 0 aromatic heterocycles. The van der Waals surface area contributed by atoms with Gasteiger partial charge in [-0.1, -0.05) is 12.8 Å². The maximum atomic E-state index is 5.28. The number of nitrogens with two attached hydrogens (primary N) is 2. The van der Waals surface area contributed by atoms with Crippen molar-refractivity contribution in [3.05, 3.63) is 0 Å². The summed E-state index contributed by atoms with van der Waals surface area (Å²) in [7, 11) is 0. The third kappa shape index (κ3) is 11.9. The van der Waals surface area contributed by atoms with Crippen molar-refractivity contribution in [2.75, 3.05) is 13.1 Å². The normalized spacial score (nSPS) is 8.67.